The molecule has 0 aliphatic carbocycles. The third kappa shape index (κ3) is 5.01. The third-order valence-corrected chi connectivity index (χ3v) is 4.44. The van der Waals surface area contributed by atoms with Gasteiger partial charge in [-0.15, -0.1) is 0 Å². The van der Waals surface area contributed by atoms with Gasteiger partial charge in [-0.05, 0) is 48.9 Å². The Kier molecular flexibility index (Phi) is 5.98. The molecular weight excluding hydrogens is 338 g/mol. The summed E-state index contributed by atoms with van der Waals surface area (Å²) < 4.78 is 1.67. The zero-order valence-corrected chi connectivity index (χ0v) is 16.0. The predicted molar refractivity (Wildman–Crippen MR) is 106 cm³/mol. The maximum absolute atomic E-state index is 12.6. The molecule has 0 saturated heterocycles. The molecule has 0 aliphatic rings. The van der Waals surface area contributed by atoms with Crippen LogP contribution in [0.25, 0.3) is 0 Å². The molecule has 6 nitrogen and oxygen atoms in total. The third-order valence-electron chi connectivity index (χ3n) is 4.44. The van der Waals surface area contributed by atoms with Crippen molar-refractivity contribution in [1.82, 2.24) is 19.7 Å². The number of pyridine rings is 1. The lowest BCUT2D eigenvalue weighted by Gasteiger charge is -2.20. The van der Waals surface area contributed by atoms with E-state index in [0.29, 0.717) is 11.4 Å². The quantitative estimate of drug-likeness (QED) is 0.699. The van der Waals surface area contributed by atoms with E-state index < -0.39 is 0 Å². The normalized spacial score (nSPS) is 11.0. The highest BCUT2D eigenvalue weighted by molar-refractivity contribution is 6.03. The summed E-state index contributed by atoms with van der Waals surface area (Å²) in [5.41, 5.74) is 3.86. The Morgan fingerprint density at radius 3 is 2.52 bits per heavy atom. The molecule has 0 fully saturated rings. The van der Waals surface area contributed by atoms with Crippen molar-refractivity contribution in [3.63, 3.8) is 0 Å². The molecule has 0 saturated carbocycles. The maximum Gasteiger partial charge on any atom is 0.256 e. The summed E-state index contributed by atoms with van der Waals surface area (Å²) in [7, 11) is 1.82. The van der Waals surface area contributed by atoms with Crippen molar-refractivity contribution < 1.29 is 4.79 Å². The fourth-order valence-electron chi connectivity index (χ4n) is 3.01. The van der Waals surface area contributed by atoms with Crippen molar-refractivity contribution in [2.24, 2.45) is 7.05 Å². The first-order chi connectivity index (χ1) is 13.0. The van der Waals surface area contributed by atoms with Gasteiger partial charge in [-0.2, -0.15) is 5.10 Å². The lowest BCUT2D eigenvalue weighted by atomic mass is 10.1. The fourth-order valence-corrected chi connectivity index (χ4v) is 3.01. The van der Waals surface area contributed by atoms with Crippen LogP contribution in [-0.2, 0) is 20.1 Å². The van der Waals surface area contributed by atoms with Gasteiger partial charge in [0, 0.05) is 44.2 Å². The van der Waals surface area contributed by atoms with Crippen molar-refractivity contribution in [2.45, 2.75) is 26.9 Å². The minimum absolute atomic E-state index is 0.128. The first-order valence-electron chi connectivity index (χ1n) is 9.07. The minimum Gasteiger partial charge on any atom is -0.307 e. The summed E-state index contributed by atoms with van der Waals surface area (Å²) in [4.78, 5) is 19.0. The Morgan fingerprint density at radius 2 is 1.85 bits per heavy atom. The number of nitrogens with zero attached hydrogens (tertiary/aromatic N) is 4. The monoisotopic (exact) mass is 363 g/mol. The van der Waals surface area contributed by atoms with Gasteiger partial charge in [0.1, 0.15) is 5.82 Å². The van der Waals surface area contributed by atoms with Crippen LogP contribution in [0.15, 0.2) is 54.9 Å². The van der Waals surface area contributed by atoms with Gasteiger partial charge in [0.15, 0.2) is 0 Å². The van der Waals surface area contributed by atoms with Crippen molar-refractivity contribution in [3.05, 3.63) is 77.2 Å². The van der Waals surface area contributed by atoms with E-state index in [1.165, 1.54) is 5.56 Å². The van der Waals surface area contributed by atoms with Crippen LogP contribution in [0.4, 0.5) is 5.82 Å². The largest absolute Gasteiger partial charge is 0.307 e. The topological polar surface area (TPSA) is 63.1 Å². The summed E-state index contributed by atoms with van der Waals surface area (Å²) in [6.07, 6.45) is 3.63. The average molecular weight is 363 g/mol. The Bertz CT molecular complexity index is 904. The van der Waals surface area contributed by atoms with Crippen LogP contribution in [0.1, 0.15) is 34.1 Å². The number of rotatable bonds is 7. The highest BCUT2D eigenvalue weighted by Gasteiger charge is 2.11. The number of aryl methyl sites for hydroxylation is 2. The summed E-state index contributed by atoms with van der Waals surface area (Å²) in [6, 6.07) is 13.7. The molecule has 3 aromatic rings. The van der Waals surface area contributed by atoms with Crippen LogP contribution < -0.4 is 5.32 Å². The number of benzene rings is 1. The zero-order valence-electron chi connectivity index (χ0n) is 16.0. The minimum atomic E-state index is -0.128. The molecule has 1 N–H and O–H groups in total. The number of carbonyl (C=O) groups excluding carboxylic acids is 1. The zero-order chi connectivity index (χ0) is 19.2. The van der Waals surface area contributed by atoms with Crippen LogP contribution in [0.3, 0.4) is 0 Å². The SMILES string of the molecule is CCN(Cc1ccncc1)Cc1cccc(C(=O)Nc2cc(C)nn2C)c1. The number of anilines is 1. The molecule has 140 valence electrons. The Hall–Kier alpha value is -2.99. The van der Waals surface area contributed by atoms with Gasteiger partial charge < -0.3 is 5.32 Å². The van der Waals surface area contributed by atoms with Crippen LogP contribution in [0.2, 0.25) is 0 Å². The van der Waals surface area contributed by atoms with E-state index in [2.05, 4.69) is 33.3 Å². The van der Waals surface area contributed by atoms with Gasteiger partial charge >= 0.3 is 0 Å². The molecule has 0 unspecified atom stereocenters. The first kappa shape index (κ1) is 18.8. The summed E-state index contributed by atoms with van der Waals surface area (Å²) in [5.74, 6) is 0.563. The van der Waals surface area contributed by atoms with E-state index in [1.54, 1.807) is 4.68 Å². The summed E-state index contributed by atoms with van der Waals surface area (Å²) in [6.45, 7) is 6.60. The highest BCUT2D eigenvalue weighted by Crippen LogP contribution is 2.14. The Balaban J connectivity index is 1.68. The van der Waals surface area contributed by atoms with E-state index in [4.69, 9.17) is 0 Å². The maximum atomic E-state index is 12.6. The van der Waals surface area contributed by atoms with Crippen molar-refractivity contribution in [2.75, 3.05) is 11.9 Å². The van der Waals surface area contributed by atoms with E-state index in [-0.39, 0.29) is 5.91 Å². The summed E-state index contributed by atoms with van der Waals surface area (Å²) in [5, 5.41) is 7.18. The lowest BCUT2D eigenvalue weighted by Crippen LogP contribution is -2.22. The highest BCUT2D eigenvalue weighted by atomic mass is 16.1. The van der Waals surface area contributed by atoms with Crippen LogP contribution in [-0.4, -0.2) is 32.1 Å². The van der Waals surface area contributed by atoms with E-state index in [9.17, 15) is 4.79 Å². The van der Waals surface area contributed by atoms with Crippen molar-refractivity contribution in [1.29, 1.82) is 0 Å². The van der Waals surface area contributed by atoms with Crippen molar-refractivity contribution in [3.8, 4) is 0 Å². The molecule has 1 aromatic carbocycles. The van der Waals surface area contributed by atoms with Gasteiger partial charge in [-0.3, -0.25) is 19.4 Å². The molecule has 0 bridgehead atoms. The fraction of sp³-hybridized carbons (Fsp3) is 0.286. The molecule has 0 atom stereocenters. The second-order valence-corrected chi connectivity index (χ2v) is 6.61. The number of aromatic nitrogens is 3. The van der Waals surface area contributed by atoms with Crippen LogP contribution >= 0.6 is 0 Å². The Morgan fingerprint density at radius 1 is 1.11 bits per heavy atom. The van der Waals surface area contributed by atoms with E-state index in [0.717, 1.165) is 30.9 Å². The standard InChI is InChI=1S/C21H25N5O/c1-4-26(14-17-8-10-22-11-9-17)15-18-6-5-7-19(13-18)21(27)23-20-12-16(2)24-25(20)3/h5-13H,4,14-15H2,1-3H3,(H,23,27). The Labute approximate surface area is 159 Å². The van der Waals surface area contributed by atoms with Gasteiger partial charge in [-0.1, -0.05) is 19.1 Å². The molecule has 27 heavy (non-hydrogen) atoms. The number of hydrogen-bond donors (Lipinski definition) is 1. The molecule has 6 heteroatoms. The molecular formula is C21H25N5O. The van der Waals surface area contributed by atoms with E-state index >= 15 is 0 Å². The first-order valence-corrected chi connectivity index (χ1v) is 9.07. The summed E-state index contributed by atoms with van der Waals surface area (Å²) >= 11 is 0. The number of carbonyl (C=O) groups is 1. The molecule has 1 amide bonds. The molecule has 2 heterocycles. The van der Waals surface area contributed by atoms with Gasteiger partial charge in [-0.25, -0.2) is 0 Å². The van der Waals surface area contributed by atoms with Gasteiger partial charge in [0.25, 0.3) is 5.91 Å². The van der Waals surface area contributed by atoms with Gasteiger partial charge in [0.2, 0.25) is 0 Å². The molecule has 0 radical (unpaired) electrons. The lowest BCUT2D eigenvalue weighted by molar-refractivity contribution is 0.102. The molecule has 3 rings (SSSR count). The molecule has 0 spiro atoms. The number of hydrogen-bond acceptors (Lipinski definition) is 4. The smallest absolute Gasteiger partial charge is 0.256 e. The molecule has 0 aliphatic heterocycles. The molecule has 2 aromatic heterocycles. The van der Waals surface area contributed by atoms with Crippen LogP contribution in [0, 0.1) is 6.92 Å². The average Bonchev–Trinajstić information content (AvgIpc) is 2.99. The van der Waals surface area contributed by atoms with Crippen molar-refractivity contribution >= 4 is 11.7 Å². The predicted octanol–water partition coefficient (Wildman–Crippen LogP) is 3.40. The number of nitrogens with one attached hydrogen (secondary N) is 1. The van der Waals surface area contributed by atoms with Crippen LogP contribution in [0.5, 0.6) is 0 Å². The van der Waals surface area contributed by atoms with Gasteiger partial charge in [0.05, 0.1) is 5.69 Å². The number of amides is 1. The van der Waals surface area contributed by atoms with E-state index in [1.807, 2.05) is 62.8 Å². The second-order valence-electron chi connectivity index (χ2n) is 6.61. The second kappa shape index (κ2) is 8.60.